The average Bonchev–Trinajstić information content (AvgIpc) is 2.94. The van der Waals surface area contributed by atoms with Gasteiger partial charge in [0.15, 0.2) is 0 Å². The second-order valence-electron chi connectivity index (χ2n) is 7.07. The average molecular weight is 417 g/mol. The van der Waals surface area contributed by atoms with Gasteiger partial charge in [0.2, 0.25) is 10.0 Å². The Morgan fingerprint density at radius 1 is 1.00 bits per heavy atom. The quantitative estimate of drug-likeness (QED) is 0.562. The number of hydrogen-bond acceptors (Lipinski definition) is 5. The van der Waals surface area contributed by atoms with Crippen molar-refractivity contribution in [3.8, 4) is 0 Å². The van der Waals surface area contributed by atoms with E-state index in [0.717, 1.165) is 5.56 Å². The molecule has 0 aliphatic carbocycles. The third kappa shape index (κ3) is 4.30. The molecule has 0 atom stereocenters. The van der Waals surface area contributed by atoms with E-state index < -0.39 is 14.9 Å². The lowest BCUT2D eigenvalue weighted by atomic mass is 10.1. The van der Waals surface area contributed by atoms with Gasteiger partial charge in [0.05, 0.1) is 9.82 Å². The van der Waals surface area contributed by atoms with Crippen LogP contribution in [0, 0.1) is 24.0 Å². The second-order valence-corrected chi connectivity index (χ2v) is 9.01. The topological polar surface area (TPSA) is 101 Å². The predicted molar refractivity (Wildman–Crippen MR) is 108 cm³/mol. The number of carbonyl (C=O) groups is 1. The van der Waals surface area contributed by atoms with Crippen molar-refractivity contribution in [1.29, 1.82) is 0 Å². The van der Waals surface area contributed by atoms with Gasteiger partial charge in [-0.25, -0.2) is 8.42 Å². The first-order valence-corrected chi connectivity index (χ1v) is 10.8. The van der Waals surface area contributed by atoms with Gasteiger partial charge in [-0.05, 0) is 38.5 Å². The van der Waals surface area contributed by atoms with Crippen molar-refractivity contribution in [2.24, 2.45) is 0 Å². The molecule has 1 heterocycles. The SMILES string of the molecule is Cc1ccc(S(=O)(=O)N2CCCN(C(=O)c3cccc([N+](=O)[O-])c3C)CC2)cc1. The van der Waals surface area contributed by atoms with Crippen molar-refractivity contribution in [3.63, 3.8) is 0 Å². The molecule has 1 fully saturated rings. The highest BCUT2D eigenvalue weighted by Crippen LogP contribution is 2.24. The van der Waals surface area contributed by atoms with Crippen molar-refractivity contribution in [3.05, 3.63) is 69.3 Å². The number of rotatable bonds is 4. The predicted octanol–water partition coefficient (Wildman–Crippen LogP) is 2.75. The molecular formula is C20H23N3O5S. The summed E-state index contributed by atoms with van der Waals surface area (Å²) < 4.78 is 27.2. The van der Waals surface area contributed by atoms with Crippen LogP contribution in [0.3, 0.4) is 0 Å². The molecule has 0 spiro atoms. The number of benzene rings is 2. The third-order valence-electron chi connectivity index (χ3n) is 5.13. The monoisotopic (exact) mass is 417 g/mol. The summed E-state index contributed by atoms with van der Waals surface area (Å²) in [6.07, 6.45) is 0.491. The van der Waals surface area contributed by atoms with Gasteiger partial charge in [0.1, 0.15) is 0 Å². The molecule has 0 unspecified atom stereocenters. The van der Waals surface area contributed by atoms with Crippen LogP contribution in [-0.2, 0) is 10.0 Å². The van der Waals surface area contributed by atoms with E-state index in [0.29, 0.717) is 25.1 Å². The van der Waals surface area contributed by atoms with Crippen LogP contribution >= 0.6 is 0 Å². The standard InChI is InChI=1S/C20H23N3O5S/c1-15-7-9-17(10-8-15)29(27,28)22-12-4-11-21(13-14-22)20(24)18-5-3-6-19(16(18)2)23(25)26/h3,5-10H,4,11-14H2,1-2H3. The van der Waals surface area contributed by atoms with Crippen LogP contribution < -0.4 is 0 Å². The fourth-order valence-electron chi connectivity index (χ4n) is 3.42. The van der Waals surface area contributed by atoms with E-state index in [1.54, 1.807) is 42.2 Å². The minimum absolute atomic E-state index is 0.103. The van der Waals surface area contributed by atoms with Crippen LogP contribution in [0.2, 0.25) is 0 Å². The largest absolute Gasteiger partial charge is 0.337 e. The lowest BCUT2D eigenvalue weighted by Gasteiger charge is -2.22. The van der Waals surface area contributed by atoms with E-state index in [1.165, 1.54) is 16.4 Å². The highest BCUT2D eigenvalue weighted by Gasteiger charge is 2.29. The van der Waals surface area contributed by atoms with Gasteiger partial charge in [-0.3, -0.25) is 14.9 Å². The number of carbonyl (C=O) groups excluding carboxylic acids is 1. The summed E-state index contributed by atoms with van der Waals surface area (Å²) in [5.74, 6) is -0.319. The molecule has 1 aliphatic rings. The van der Waals surface area contributed by atoms with Crippen LogP contribution in [0.15, 0.2) is 47.4 Å². The first kappa shape index (κ1) is 20.9. The fraction of sp³-hybridized carbons (Fsp3) is 0.350. The van der Waals surface area contributed by atoms with Crippen molar-refractivity contribution in [1.82, 2.24) is 9.21 Å². The summed E-state index contributed by atoms with van der Waals surface area (Å²) in [5.41, 5.74) is 1.46. The Morgan fingerprint density at radius 2 is 1.69 bits per heavy atom. The maximum atomic E-state index is 12.9. The molecule has 9 heteroatoms. The number of aryl methyl sites for hydroxylation is 1. The Kier molecular flexibility index (Phi) is 5.99. The molecule has 2 aromatic carbocycles. The molecule has 29 heavy (non-hydrogen) atoms. The molecule has 0 bridgehead atoms. The van der Waals surface area contributed by atoms with Gasteiger partial charge in [-0.2, -0.15) is 4.31 Å². The lowest BCUT2D eigenvalue weighted by molar-refractivity contribution is -0.385. The molecule has 8 nitrogen and oxygen atoms in total. The first-order chi connectivity index (χ1) is 13.7. The summed E-state index contributed by atoms with van der Waals surface area (Å²) in [6, 6.07) is 11.1. The Hall–Kier alpha value is -2.78. The van der Waals surface area contributed by atoms with Crippen molar-refractivity contribution in [2.45, 2.75) is 25.2 Å². The summed E-state index contributed by atoms with van der Waals surface area (Å²) >= 11 is 0. The molecule has 0 N–H and O–H groups in total. The van der Waals surface area contributed by atoms with E-state index in [4.69, 9.17) is 0 Å². The number of sulfonamides is 1. The number of hydrogen-bond donors (Lipinski definition) is 0. The van der Waals surface area contributed by atoms with E-state index >= 15 is 0 Å². The molecule has 1 aliphatic heterocycles. The van der Waals surface area contributed by atoms with Crippen LogP contribution in [0.4, 0.5) is 5.69 Å². The minimum Gasteiger partial charge on any atom is -0.337 e. The third-order valence-corrected chi connectivity index (χ3v) is 7.05. The van der Waals surface area contributed by atoms with Gasteiger partial charge in [-0.1, -0.05) is 23.8 Å². The Labute approximate surface area is 169 Å². The second kappa shape index (κ2) is 8.30. The van der Waals surface area contributed by atoms with Gasteiger partial charge >= 0.3 is 0 Å². The summed E-state index contributed by atoms with van der Waals surface area (Å²) in [5, 5.41) is 11.1. The molecule has 3 rings (SSSR count). The minimum atomic E-state index is -3.64. The molecular weight excluding hydrogens is 394 g/mol. The zero-order chi connectivity index (χ0) is 21.2. The molecule has 154 valence electrons. The van der Waals surface area contributed by atoms with E-state index in [9.17, 15) is 23.3 Å². The molecule has 1 amide bonds. The number of amides is 1. The normalized spacial score (nSPS) is 15.7. The number of nitro benzene ring substituents is 1. The molecule has 0 aromatic heterocycles. The van der Waals surface area contributed by atoms with Gasteiger partial charge in [-0.15, -0.1) is 0 Å². The van der Waals surface area contributed by atoms with Crippen LogP contribution in [0.25, 0.3) is 0 Å². The van der Waals surface area contributed by atoms with E-state index in [2.05, 4.69) is 0 Å². The van der Waals surface area contributed by atoms with E-state index in [-0.39, 0.29) is 35.1 Å². The van der Waals surface area contributed by atoms with E-state index in [1.807, 2.05) is 6.92 Å². The highest BCUT2D eigenvalue weighted by atomic mass is 32.2. The van der Waals surface area contributed by atoms with Crippen LogP contribution in [0.1, 0.15) is 27.9 Å². The Bertz CT molecular complexity index is 1030. The maximum absolute atomic E-state index is 12.9. The maximum Gasteiger partial charge on any atom is 0.273 e. The lowest BCUT2D eigenvalue weighted by Crippen LogP contribution is -2.37. The number of nitro groups is 1. The Balaban J connectivity index is 1.78. The van der Waals surface area contributed by atoms with Gasteiger partial charge in [0.25, 0.3) is 11.6 Å². The van der Waals surface area contributed by atoms with Gasteiger partial charge < -0.3 is 4.90 Å². The summed E-state index contributed by atoms with van der Waals surface area (Å²) in [6.45, 7) is 4.55. The molecule has 1 saturated heterocycles. The van der Waals surface area contributed by atoms with Crippen molar-refractivity contribution >= 4 is 21.6 Å². The number of nitrogens with zero attached hydrogens (tertiary/aromatic N) is 3. The zero-order valence-corrected chi connectivity index (χ0v) is 17.2. The first-order valence-electron chi connectivity index (χ1n) is 9.32. The summed E-state index contributed by atoms with van der Waals surface area (Å²) in [4.78, 5) is 25.4. The zero-order valence-electron chi connectivity index (χ0n) is 16.4. The summed E-state index contributed by atoms with van der Waals surface area (Å²) in [7, 11) is -3.64. The molecule has 0 saturated carbocycles. The smallest absolute Gasteiger partial charge is 0.273 e. The van der Waals surface area contributed by atoms with Crippen molar-refractivity contribution in [2.75, 3.05) is 26.2 Å². The fourth-order valence-corrected chi connectivity index (χ4v) is 4.89. The van der Waals surface area contributed by atoms with Crippen LogP contribution in [-0.4, -0.2) is 54.6 Å². The van der Waals surface area contributed by atoms with Crippen molar-refractivity contribution < 1.29 is 18.1 Å². The molecule has 0 radical (unpaired) electrons. The highest BCUT2D eigenvalue weighted by molar-refractivity contribution is 7.89. The molecule has 2 aromatic rings. The van der Waals surface area contributed by atoms with Gasteiger partial charge in [0, 0.05) is 43.4 Å². The van der Waals surface area contributed by atoms with Crippen LogP contribution in [0.5, 0.6) is 0 Å². The Morgan fingerprint density at radius 3 is 2.34 bits per heavy atom.